The molecule has 1 fully saturated rings. The van der Waals surface area contributed by atoms with Crippen molar-refractivity contribution in [3.63, 3.8) is 0 Å². The van der Waals surface area contributed by atoms with E-state index in [0.717, 1.165) is 30.1 Å². The first-order chi connectivity index (χ1) is 13.6. The number of aliphatic hydroxyl groups excluding tert-OH is 1. The minimum absolute atomic E-state index is 0. The lowest BCUT2D eigenvalue weighted by molar-refractivity contribution is -0.133. The van der Waals surface area contributed by atoms with Crippen molar-refractivity contribution < 1.29 is 14.6 Å². The van der Waals surface area contributed by atoms with Crippen LogP contribution in [0.4, 0.5) is 5.69 Å². The average molecular weight is 456 g/mol. The van der Waals surface area contributed by atoms with Crippen molar-refractivity contribution in [2.45, 2.75) is 18.9 Å². The number of β-amino-alcohol motifs (C(OH)–C–C–N with tert-alkyl or cyclic N) is 1. The number of piperazine rings is 1. The van der Waals surface area contributed by atoms with Gasteiger partial charge in [0.05, 0.1) is 0 Å². The van der Waals surface area contributed by atoms with E-state index in [4.69, 9.17) is 10.5 Å². The number of nitrogens with two attached hydrogens (primary N) is 1. The summed E-state index contributed by atoms with van der Waals surface area (Å²) in [7, 11) is 0. The van der Waals surface area contributed by atoms with Crippen molar-refractivity contribution in [2.24, 2.45) is 0 Å². The van der Waals surface area contributed by atoms with E-state index in [0.29, 0.717) is 32.5 Å². The molecule has 0 saturated carbocycles. The zero-order chi connectivity index (χ0) is 19.8. The van der Waals surface area contributed by atoms with E-state index >= 15 is 0 Å². The van der Waals surface area contributed by atoms with Crippen LogP contribution in [0.5, 0.6) is 5.75 Å². The maximum absolute atomic E-state index is 12.5. The van der Waals surface area contributed by atoms with Gasteiger partial charge in [-0.15, -0.1) is 24.8 Å². The Morgan fingerprint density at radius 1 is 1.00 bits per heavy atom. The second-order valence-electron chi connectivity index (χ2n) is 7.16. The molecule has 6 nitrogen and oxygen atoms in total. The van der Waals surface area contributed by atoms with Gasteiger partial charge in [0, 0.05) is 44.8 Å². The lowest BCUT2D eigenvalue weighted by Gasteiger charge is -2.35. The monoisotopic (exact) mass is 455 g/mol. The van der Waals surface area contributed by atoms with Crippen LogP contribution in [0.1, 0.15) is 12.0 Å². The van der Waals surface area contributed by atoms with Gasteiger partial charge in [-0.05, 0) is 30.2 Å². The molecule has 30 heavy (non-hydrogen) atoms. The Morgan fingerprint density at radius 3 is 2.30 bits per heavy atom. The van der Waals surface area contributed by atoms with Gasteiger partial charge >= 0.3 is 0 Å². The number of hydrogen-bond donors (Lipinski definition) is 2. The molecule has 0 spiro atoms. The highest BCUT2D eigenvalue weighted by Crippen LogP contribution is 2.14. The van der Waals surface area contributed by atoms with E-state index in [1.54, 1.807) is 0 Å². The molecule has 1 aliphatic rings. The first-order valence-corrected chi connectivity index (χ1v) is 9.81. The van der Waals surface area contributed by atoms with Crippen LogP contribution in [-0.2, 0) is 11.2 Å². The van der Waals surface area contributed by atoms with E-state index in [1.807, 2.05) is 59.5 Å². The van der Waals surface area contributed by atoms with Crippen LogP contribution in [-0.4, -0.2) is 66.2 Å². The fourth-order valence-corrected chi connectivity index (χ4v) is 3.40. The maximum atomic E-state index is 12.5. The van der Waals surface area contributed by atoms with Crippen LogP contribution >= 0.6 is 24.8 Å². The highest BCUT2D eigenvalue weighted by molar-refractivity contribution is 5.85. The Labute approximate surface area is 190 Å². The van der Waals surface area contributed by atoms with Crippen molar-refractivity contribution in [1.82, 2.24) is 9.80 Å². The number of nitrogens with zero attached hydrogens (tertiary/aromatic N) is 2. The predicted octanol–water partition coefficient (Wildman–Crippen LogP) is 2.63. The number of carbonyl (C=O) groups excluding carboxylic acids is 1. The number of hydrogen-bond acceptors (Lipinski definition) is 5. The number of aliphatic hydroxyl groups is 1. The van der Waals surface area contributed by atoms with Crippen LogP contribution in [0.3, 0.4) is 0 Å². The zero-order valence-corrected chi connectivity index (χ0v) is 18.6. The van der Waals surface area contributed by atoms with Crippen LogP contribution in [0, 0.1) is 0 Å². The van der Waals surface area contributed by atoms with Crippen LogP contribution in [0.15, 0.2) is 54.6 Å². The smallest absolute Gasteiger partial charge is 0.222 e. The van der Waals surface area contributed by atoms with E-state index in [9.17, 15) is 9.90 Å². The van der Waals surface area contributed by atoms with E-state index in [1.165, 1.54) is 0 Å². The molecular weight excluding hydrogens is 425 g/mol. The van der Waals surface area contributed by atoms with Gasteiger partial charge in [-0.2, -0.15) is 0 Å². The van der Waals surface area contributed by atoms with Crippen LogP contribution < -0.4 is 10.5 Å². The number of rotatable bonds is 8. The molecule has 8 heteroatoms. The molecule has 2 aromatic carbocycles. The number of carbonyl (C=O) groups is 1. The van der Waals surface area contributed by atoms with Gasteiger partial charge in [0.15, 0.2) is 0 Å². The minimum atomic E-state index is -0.552. The van der Waals surface area contributed by atoms with E-state index in [-0.39, 0.29) is 37.3 Å². The predicted molar refractivity (Wildman–Crippen MR) is 125 cm³/mol. The molecule has 166 valence electrons. The van der Waals surface area contributed by atoms with Gasteiger partial charge < -0.3 is 20.5 Å². The number of ether oxygens (including phenoxy) is 1. The summed E-state index contributed by atoms with van der Waals surface area (Å²) >= 11 is 0. The third kappa shape index (κ3) is 8.03. The quantitative estimate of drug-likeness (QED) is 0.598. The van der Waals surface area contributed by atoms with Gasteiger partial charge in [-0.25, -0.2) is 0 Å². The Kier molecular flexibility index (Phi) is 11.6. The van der Waals surface area contributed by atoms with Gasteiger partial charge in [-0.3, -0.25) is 9.69 Å². The average Bonchev–Trinajstić information content (AvgIpc) is 2.73. The molecule has 1 saturated heterocycles. The summed E-state index contributed by atoms with van der Waals surface area (Å²) in [4.78, 5) is 16.6. The molecule has 2 aromatic rings. The Morgan fingerprint density at radius 2 is 1.63 bits per heavy atom. The highest BCUT2D eigenvalue weighted by Gasteiger charge is 2.22. The largest absolute Gasteiger partial charge is 0.491 e. The molecule has 0 bridgehead atoms. The fraction of sp³-hybridized carbons (Fsp3) is 0.409. The first kappa shape index (κ1) is 26.0. The lowest BCUT2D eigenvalue weighted by Crippen LogP contribution is -2.51. The number of para-hydroxylation sites is 2. The molecule has 1 atom stereocenters. The van der Waals surface area contributed by atoms with Gasteiger partial charge in [0.25, 0.3) is 0 Å². The second kappa shape index (κ2) is 13.3. The van der Waals surface area contributed by atoms with Crippen molar-refractivity contribution >= 4 is 36.4 Å². The summed E-state index contributed by atoms with van der Waals surface area (Å²) in [6.45, 7) is 3.73. The van der Waals surface area contributed by atoms with Crippen molar-refractivity contribution in [3.05, 3.63) is 60.2 Å². The van der Waals surface area contributed by atoms with Crippen LogP contribution in [0.2, 0.25) is 0 Å². The Bertz CT molecular complexity index is 756. The normalized spacial score (nSPS) is 14.9. The molecule has 1 heterocycles. The second-order valence-corrected chi connectivity index (χ2v) is 7.16. The molecule has 1 amide bonds. The summed E-state index contributed by atoms with van der Waals surface area (Å²) in [5.41, 5.74) is 7.71. The number of halogens is 2. The fourth-order valence-electron chi connectivity index (χ4n) is 3.40. The summed E-state index contributed by atoms with van der Waals surface area (Å²) in [6, 6.07) is 17.2. The van der Waals surface area contributed by atoms with Gasteiger partial charge in [0.2, 0.25) is 5.91 Å². The molecular formula is C22H31Cl2N3O3. The number of aryl methyl sites for hydroxylation is 1. The summed E-state index contributed by atoms with van der Waals surface area (Å²) in [5, 5.41) is 10.2. The minimum Gasteiger partial charge on any atom is -0.491 e. The summed E-state index contributed by atoms with van der Waals surface area (Å²) in [6.07, 6.45) is 0.590. The number of nitrogen functional groups attached to an aromatic ring is 1. The SMILES string of the molecule is Cl.Cl.Nc1ccccc1CCC(=O)N1CCN(CC(O)COc2ccccc2)CC1. The molecule has 0 radical (unpaired) electrons. The summed E-state index contributed by atoms with van der Waals surface area (Å²) < 4.78 is 5.60. The topological polar surface area (TPSA) is 79.0 Å². The lowest BCUT2D eigenvalue weighted by atomic mass is 10.1. The van der Waals surface area contributed by atoms with Crippen LogP contribution in [0.25, 0.3) is 0 Å². The van der Waals surface area contributed by atoms with Crippen molar-refractivity contribution in [1.29, 1.82) is 0 Å². The van der Waals surface area contributed by atoms with Gasteiger partial charge in [-0.1, -0.05) is 36.4 Å². The third-order valence-corrected chi connectivity index (χ3v) is 5.04. The third-order valence-electron chi connectivity index (χ3n) is 5.04. The zero-order valence-electron chi connectivity index (χ0n) is 17.0. The first-order valence-electron chi connectivity index (χ1n) is 9.81. The molecule has 0 aliphatic carbocycles. The molecule has 1 unspecified atom stereocenters. The van der Waals surface area contributed by atoms with E-state index < -0.39 is 6.10 Å². The number of benzene rings is 2. The van der Waals surface area contributed by atoms with Crippen molar-refractivity contribution in [2.75, 3.05) is 45.1 Å². The Hall–Kier alpha value is -1.99. The maximum Gasteiger partial charge on any atom is 0.222 e. The number of anilines is 1. The standard InChI is InChI=1S/C22H29N3O3.2ClH/c23-21-9-5-4-6-18(21)10-11-22(27)25-14-12-24(13-15-25)16-19(26)17-28-20-7-2-1-3-8-20;;/h1-9,19,26H,10-17,23H2;2*1H. The molecule has 0 aromatic heterocycles. The van der Waals surface area contributed by atoms with Crippen molar-refractivity contribution in [3.8, 4) is 5.75 Å². The molecule has 1 aliphatic heterocycles. The summed E-state index contributed by atoms with van der Waals surface area (Å²) in [5.74, 6) is 0.923. The molecule has 3 N–H and O–H groups in total. The highest BCUT2D eigenvalue weighted by atomic mass is 35.5. The van der Waals surface area contributed by atoms with E-state index in [2.05, 4.69) is 4.90 Å². The Balaban J connectivity index is 0.00000225. The number of amides is 1. The van der Waals surface area contributed by atoms with Gasteiger partial charge in [0.1, 0.15) is 18.5 Å². The molecule has 3 rings (SSSR count).